The van der Waals surface area contributed by atoms with Crippen molar-refractivity contribution in [2.24, 2.45) is 0 Å². The van der Waals surface area contributed by atoms with Gasteiger partial charge in [0.1, 0.15) is 0 Å². The minimum atomic E-state index is -4.96. The Morgan fingerprint density at radius 3 is 2.26 bits per heavy atom. The number of carbonyl (C=O) groups is 1. The minimum Gasteiger partial charge on any atom is -0.399 e. The van der Waals surface area contributed by atoms with E-state index < -0.39 is 23.5 Å². The molecule has 0 spiro atoms. The van der Waals surface area contributed by atoms with Crippen molar-refractivity contribution in [1.82, 2.24) is 9.78 Å². The second-order valence-electron chi connectivity index (χ2n) is 8.25. The zero-order valence-electron chi connectivity index (χ0n) is 18.7. The van der Waals surface area contributed by atoms with Crippen molar-refractivity contribution in [1.29, 1.82) is 0 Å². The van der Waals surface area contributed by atoms with Gasteiger partial charge in [-0.05, 0) is 54.7 Å². The van der Waals surface area contributed by atoms with Crippen molar-refractivity contribution in [2.45, 2.75) is 51.5 Å². The molecular weight excluding hydrogens is 460 g/mol. The molecule has 3 aromatic rings. The molecule has 1 unspecified atom stereocenters. The lowest BCUT2D eigenvalue weighted by atomic mass is 9.84. The molecule has 3 rings (SSSR count). The topological polar surface area (TPSA) is 60.9 Å². The maximum atomic E-state index is 14.3. The quantitative estimate of drug-likeness (QED) is 0.262. The number of anilines is 1. The molecule has 1 heterocycles. The lowest BCUT2D eigenvalue weighted by Gasteiger charge is -2.34. The fourth-order valence-electron chi connectivity index (χ4n) is 3.85. The Labute approximate surface area is 192 Å². The third-order valence-corrected chi connectivity index (χ3v) is 5.97. The summed E-state index contributed by atoms with van der Waals surface area (Å²) >= 11 is 0. The van der Waals surface area contributed by atoms with Crippen LogP contribution in [0.1, 0.15) is 52.0 Å². The number of aryl methyl sites for hydroxylation is 2. The van der Waals surface area contributed by atoms with Crippen molar-refractivity contribution in [3.63, 3.8) is 0 Å². The Bertz CT molecular complexity index is 1210. The smallest absolute Gasteiger partial charge is 0.399 e. The first kappa shape index (κ1) is 25.3. The number of carbonyl (C=O) groups excluding carboxylic acids is 1. The van der Waals surface area contributed by atoms with Gasteiger partial charge in [-0.1, -0.05) is 31.2 Å². The SMILES string of the molecule is CCc1cc(C(C)(n2cc(C(F)(F)F)cn2)C(F)(F)F)cc(C)c1CC(=O)c1cccc(N)c1. The van der Waals surface area contributed by atoms with Gasteiger partial charge in [0.25, 0.3) is 0 Å². The molecule has 0 amide bonds. The largest absolute Gasteiger partial charge is 0.419 e. The maximum absolute atomic E-state index is 14.3. The molecule has 34 heavy (non-hydrogen) atoms. The highest BCUT2D eigenvalue weighted by Gasteiger charge is 2.55. The highest BCUT2D eigenvalue weighted by atomic mass is 19.4. The third-order valence-electron chi connectivity index (χ3n) is 5.97. The summed E-state index contributed by atoms with van der Waals surface area (Å²) < 4.78 is 82.3. The van der Waals surface area contributed by atoms with Crippen LogP contribution >= 0.6 is 0 Å². The van der Waals surface area contributed by atoms with Gasteiger partial charge >= 0.3 is 12.4 Å². The second-order valence-corrected chi connectivity index (χ2v) is 8.25. The van der Waals surface area contributed by atoms with Gasteiger partial charge in [0.2, 0.25) is 0 Å². The van der Waals surface area contributed by atoms with E-state index in [-0.39, 0.29) is 17.8 Å². The van der Waals surface area contributed by atoms with E-state index in [4.69, 9.17) is 5.73 Å². The van der Waals surface area contributed by atoms with Gasteiger partial charge in [0.05, 0.1) is 11.8 Å². The fourth-order valence-corrected chi connectivity index (χ4v) is 3.85. The average molecular weight is 483 g/mol. The number of ketones is 1. The molecule has 1 atom stereocenters. The predicted octanol–water partition coefficient (Wildman–Crippen LogP) is 6.11. The molecule has 0 saturated heterocycles. The van der Waals surface area contributed by atoms with Crippen LogP contribution in [-0.2, 0) is 24.6 Å². The van der Waals surface area contributed by atoms with Gasteiger partial charge in [-0.15, -0.1) is 0 Å². The number of nitrogen functional groups attached to an aromatic ring is 1. The molecule has 4 nitrogen and oxygen atoms in total. The van der Waals surface area contributed by atoms with Gasteiger partial charge in [-0.3, -0.25) is 9.48 Å². The first-order chi connectivity index (χ1) is 15.7. The van der Waals surface area contributed by atoms with Crippen LogP contribution in [-0.4, -0.2) is 21.7 Å². The van der Waals surface area contributed by atoms with Crippen molar-refractivity contribution in [3.8, 4) is 0 Å². The van der Waals surface area contributed by atoms with Crippen molar-refractivity contribution in [2.75, 3.05) is 5.73 Å². The van der Waals surface area contributed by atoms with E-state index in [1.807, 2.05) is 0 Å². The Hall–Kier alpha value is -3.30. The number of rotatable bonds is 6. The summed E-state index contributed by atoms with van der Waals surface area (Å²) in [7, 11) is 0. The maximum Gasteiger partial charge on any atom is 0.419 e. The number of halogens is 6. The summed E-state index contributed by atoms with van der Waals surface area (Å²) in [6.45, 7) is 4.09. The zero-order chi connectivity index (χ0) is 25.5. The number of benzene rings is 2. The van der Waals surface area contributed by atoms with E-state index in [9.17, 15) is 31.1 Å². The zero-order valence-corrected chi connectivity index (χ0v) is 18.7. The van der Waals surface area contributed by atoms with Crippen LogP contribution in [0, 0.1) is 6.92 Å². The highest BCUT2D eigenvalue weighted by Crippen LogP contribution is 2.44. The molecule has 0 saturated carbocycles. The summed E-state index contributed by atoms with van der Waals surface area (Å²) in [5, 5.41) is 3.41. The van der Waals surface area contributed by atoms with E-state index in [0.29, 0.717) is 51.4 Å². The number of hydrogen-bond donors (Lipinski definition) is 1. The number of nitrogens with two attached hydrogens (primary N) is 1. The van der Waals surface area contributed by atoms with Crippen LogP contribution in [0.15, 0.2) is 48.8 Å². The monoisotopic (exact) mass is 483 g/mol. The first-order valence-corrected chi connectivity index (χ1v) is 10.4. The molecule has 2 aromatic carbocycles. The molecule has 0 aliphatic carbocycles. The lowest BCUT2D eigenvalue weighted by Crippen LogP contribution is -2.46. The second kappa shape index (κ2) is 8.81. The summed E-state index contributed by atoms with van der Waals surface area (Å²) in [6, 6.07) is 8.93. The lowest BCUT2D eigenvalue weighted by molar-refractivity contribution is -0.197. The van der Waals surface area contributed by atoms with Crippen molar-refractivity contribution in [3.05, 3.63) is 82.2 Å². The molecule has 0 aliphatic rings. The standard InChI is InChI=1S/C24H23F6N3O/c1-4-15-9-17(8-14(2)20(15)11-21(34)16-6-5-7-19(31)10-16)22(3,24(28,29)30)33-13-18(12-32-33)23(25,26)27/h5-10,12-13H,4,11,31H2,1-3H3. The number of aromatic nitrogens is 2. The van der Waals surface area contributed by atoms with E-state index in [1.165, 1.54) is 18.2 Å². The average Bonchev–Trinajstić information content (AvgIpc) is 3.24. The summed E-state index contributed by atoms with van der Waals surface area (Å²) in [5.74, 6) is -0.252. The molecule has 0 radical (unpaired) electrons. The molecule has 2 N–H and O–H groups in total. The Balaban J connectivity index is 2.10. The van der Waals surface area contributed by atoms with Crippen LogP contribution in [0.2, 0.25) is 0 Å². The van der Waals surface area contributed by atoms with Gasteiger partial charge < -0.3 is 5.73 Å². The van der Waals surface area contributed by atoms with Crippen molar-refractivity contribution >= 4 is 11.5 Å². The van der Waals surface area contributed by atoms with Gasteiger partial charge in [0, 0.05) is 23.9 Å². The Morgan fingerprint density at radius 2 is 1.74 bits per heavy atom. The number of nitrogens with zero attached hydrogens (tertiary/aromatic N) is 2. The fraction of sp³-hybridized carbons (Fsp3) is 0.333. The van der Waals surface area contributed by atoms with E-state index in [1.54, 1.807) is 32.0 Å². The third kappa shape index (κ3) is 4.67. The van der Waals surface area contributed by atoms with Crippen LogP contribution in [0.5, 0.6) is 0 Å². The Morgan fingerprint density at radius 1 is 1.06 bits per heavy atom. The van der Waals surface area contributed by atoms with E-state index in [0.717, 1.165) is 6.92 Å². The van der Waals surface area contributed by atoms with E-state index in [2.05, 4.69) is 5.10 Å². The van der Waals surface area contributed by atoms with Crippen molar-refractivity contribution < 1.29 is 31.1 Å². The molecule has 0 bridgehead atoms. The first-order valence-electron chi connectivity index (χ1n) is 10.4. The van der Waals surface area contributed by atoms with Crippen LogP contribution in [0.3, 0.4) is 0 Å². The summed E-state index contributed by atoms with van der Waals surface area (Å²) in [5.41, 5.74) is 3.59. The van der Waals surface area contributed by atoms with Gasteiger partial charge in [-0.25, -0.2) is 0 Å². The van der Waals surface area contributed by atoms with Gasteiger partial charge in [-0.2, -0.15) is 31.4 Å². The normalized spacial score (nSPS) is 14.1. The molecular formula is C24H23F6N3O. The van der Waals surface area contributed by atoms with E-state index >= 15 is 0 Å². The highest BCUT2D eigenvalue weighted by molar-refractivity contribution is 5.98. The van der Waals surface area contributed by atoms with Crippen LogP contribution in [0.25, 0.3) is 0 Å². The molecule has 0 aliphatic heterocycles. The number of hydrogen-bond acceptors (Lipinski definition) is 3. The number of Topliss-reactive ketones (excluding diaryl/α,β-unsaturated/α-hetero) is 1. The predicted molar refractivity (Wildman–Crippen MR) is 115 cm³/mol. The molecule has 182 valence electrons. The van der Waals surface area contributed by atoms with Crippen LogP contribution in [0.4, 0.5) is 32.0 Å². The van der Waals surface area contributed by atoms with Gasteiger partial charge in [0.15, 0.2) is 11.3 Å². The summed E-state index contributed by atoms with van der Waals surface area (Å²) in [4.78, 5) is 12.8. The molecule has 1 aromatic heterocycles. The molecule has 0 fully saturated rings. The Kier molecular flexibility index (Phi) is 6.56. The molecule has 10 heteroatoms. The van der Waals surface area contributed by atoms with Crippen LogP contribution < -0.4 is 5.73 Å². The minimum absolute atomic E-state index is 0.0541. The summed E-state index contributed by atoms with van der Waals surface area (Å²) in [6.07, 6.45) is -8.81. The number of alkyl halides is 6.